The molecule has 5 rings (SSSR count). The number of rotatable bonds is 14. The fourth-order valence-electron chi connectivity index (χ4n) is 5.32. The lowest BCUT2D eigenvalue weighted by Crippen LogP contribution is -2.50. The van der Waals surface area contributed by atoms with Crippen molar-refractivity contribution in [2.75, 3.05) is 32.9 Å². The molecule has 5 nitrogen and oxygen atoms in total. The molecule has 0 bridgehead atoms. The van der Waals surface area contributed by atoms with Crippen molar-refractivity contribution in [2.24, 2.45) is 0 Å². The van der Waals surface area contributed by atoms with Crippen molar-refractivity contribution in [3.63, 3.8) is 0 Å². The average Bonchev–Trinajstić information content (AvgIpc) is 3.01. The van der Waals surface area contributed by atoms with Crippen molar-refractivity contribution in [3.05, 3.63) is 114 Å². The summed E-state index contributed by atoms with van der Waals surface area (Å²) in [7, 11) is 0. The van der Waals surface area contributed by atoms with Crippen molar-refractivity contribution in [3.8, 4) is 5.75 Å². The van der Waals surface area contributed by atoms with Gasteiger partial charge in [0, 0.05) is 32.0 Å². The van der Waals surface area contributed by atoms with Crippen LogP contribution in [-0.4, -0.2) is 45.1 Å². The van der Waals surface area contributed by atoms with Crippen LogP contribution in [0.15, 0.2) is 97.1 Å². The van der Waals surface area contributed by atoms with Gasteiger partial charge in [0.2, 0.25) is 0 Å². The second-order valence-corrected chi connectivity index (χ2v) is 10.4. The van der Waals surface area contributed by atoms with Gasteiger partial charge in [0.05, 0.1) is 38.6 Å². The van der Waals surface area contributed by atoms with Crippen LogP contribution < -0.4 is 10.1 Å². The number of benzene rings is 4. The minimum Gasteiger partial charge on any atom is -0.494 e. The molecule has 1 N–H and O–H groups in total. The molecule has 1 heterocycles. The van der Waals surface area contributed by atoms with Gasteiger partial charge in [-0.3, -0.25) is 0 Å². The fourth-order valence-corrected chi connectivity index (χ4v) is 5.32. The molecular formula is C35H41NO4. The molecule has 0 aliphatic carbocycles. The first-order valence-electron chi connectivity index (χ1n) is 14.6. The first-order valence-corrected chi connectivity index (χ1v) is 14.6. The van der Waals surface area contributed by atoms with Crippen LogP contribution in [0, 0.1) is 0 Å². The van der Waals surface area contributed by atoms with Crippen LogP contribution >= 0.6 is 0 Å². The quantitative estimate of drug-likeness (QED) is 0.177. The second kappa shape index (κ2) is 15.0. The lowest BCUT2D eigenvalue weighted by atomic mass is 9.85. The molecule has 1 saturated heterocycles. The molecule has 0 spiro atoms. The van der Waals surface area contributed by atoms with E-state index in [4.69, 9.17) is 18.9 Å². The number of hydrogen-bond acceptors (Lipinski definition) is 5. The van der Waals surface area contributed by atoms with Crippen LogP contribution in [0.4, 0.5) is 0 Å². The van der Waals surface area contributed by atoms with Crippen molar-refractivity contribution in [1.82, 2.24) is 5.32 Å². The van der Waals surface area contributed by atoms with Crippen LogP contribution in [0.5, 0.6) is 5.75 Å². The van der Waals surface area contributed by atoms with E-state index < -0.39 is 0 Å². The van der Waals surface area contributed by atoms with Crippen LogP contribution in [0.25, 0.3) is 10.8 Å². The number of fused-ring (bicyclic) bond motifs is 1. The summed E-state index contributed by atoms with van der Waals surface area (Å²) in [4.78, 5) is 0. The third kappa shape index (κ3) is 7.92. The van der Waals surface area contributed by atoms with Crippen molar-refractivity contribution >= 4 is 10.8 Å². The van der Waals surface area contributed by atoms with Gasteiger partial charge in [-0.2, -0.15) is 0 Å². The van der Waals surface area contributed by atoms with E-state index in [2.05, 4.69) is 91.1 Å². The Morgan fingerprint density at radius 3 is 2.23 bits per heavy atom. The lowest BCUT2D eigenvalue weighted by molar-refractivity contribution is -0.0597. The van der Waals surface area contributed by atoms with E-state index in [9.17, 15) is 0 Å². The van der Waals surface area contributed by atoms with Crippen molar-refractivity contribution in [2.45, 2.75) is 51.1 Å². The van der Waals surface area contributed by atoms with E-state index in [-0.39, 0.29) is 18.1 Å². The number of hydrogen-bond donors (Lipinski definition) is 1. The summed E-state index contributed by atoms with van der Waals surface area (Å²) in [6.07, 6.45) is 1.91. The Balaban J connectivity index is 1.17. The van der Waals surface area contributed by atoms with Crippen molar-refractivity contribution in [1.29, 1.82) is 0 Å². The predicted molar refractivity (Wildman–Crippen MR) is 161 cm³/mol. The summed E-state index contributed by atoms with van der Waals surface area (Å²) in [5.41, 5.74) is 3.60. The third-order valence-corrected chi connectivity index (χ3v) is 7.38. The highest BCUT2D eigenvalue weighted by Gasteiger charge is 2.36. The minimum absolute atomic E-state index is 0.00982. The fraction of sp³-hybridized carbons (Fsp3) is 0.371. The second-order valence-electron chi connectivity index (χ2n) is 10.4. The van der Waals surface area contributed by atoms with Gasteiger partial charge < -0.3 is 24.3 Å². The molecule has 4 aromatic carbocycles. The Bertz CT molecular complexity index is 1290. The zero-order valence-electron chi connectivity index (χ0n) is 23.5. The zero-order valence-corrected chi connectivity index (χ0v) is 23.5. The maximum atomic E-state index is 6.57. The minimum atomic E-state index is 0.00982. The van der Waals surface area contributed by atoms with E-state index in [1.54, 1.807) is 0 Å². The molecule has 0 saturated carbocycles. The highest BCUT2D eigenvalue weighted by atomic mass is 16.5. The molecule has 3 atom stereocenters. The smallest absolute Gasteiger partial charge is 0.119 e. The zero-order chi connectivity index (χ0) is 27.4. The first-order chi connectivity index (χ1) is 19.8. The average molecular weight is 540 g/mol. The molecule has 4 aromatic rings. The number of ether oxygens (including phenoxy) is 4. The first kappa shape index (κ1) is 28.3. The Morgan fingerprint density at radius 2 is 1.43 bits per heavy atom. The SMILES string of the molecule is CCCO[C@@H]1CNC[C@H](OCc2ccc3ccccc3c2)[C@H]1c1ccc(OCCCOCc2ccccc2)cc1. The summed E-state index contributed by atoms with van der Waals surface area (Å²) in [6, 6.07) is 33.7. The third-order valence-electron chi connectivity index (χ3n) is 7.38. The van der Waals surface area contributed by atoms with E-state index in [1.807, 2.05) is 18.2 Å². The Labute approximate surface area is 238 Å². The Morgan fingerprint density at radius 1 is 0.675 bits per heavy atom. The molecule has 1 fully saturated rings. The van der Waals surface area contributed by atoms with Gasteiger partial charge in [0.1, 0.15) is 5.75 Å². The van der Waals surface area contributed by atoms with Gasteiger partial charge in [-0.05, 0) is 52.1 Å². The van der Waals surface area contributed by atoms with Gasteiger partial charge in [-0.25, -0.2) is 0 Å². The van der Waals surface area contributed by atoms with Gasteiger partial charge in [-0.1, -0.05) is 85.8 Å². The largest absolute Gasteiger partial charge is 0.494 e. The lowest BCUT2D eigenvalue weighted by Gasteiger charge is -2.38. The van der Waals surface area contributed by atoms with Gasteiger partial charge >= 0.3 is 0 Å². The molecule has 0 amide bonds. The van der Waals surface area contributed by atoms with Gasteiger partial charge in [0.15, 0.2) is 0 Å². The van der Waals surface area contributed by atoms with E-state index in [1.165, 1.54) is 27.5 Å². The Hall–Kier alpha value is -3.22. The molecule has 1 aliphatic rings. The maximum absolute atomic E-state index is 6.57. The van der Waals surface area contributed by atoms with Crippen LogP contribution in [0.1, 0.15) is 42.4 Å². The molecule has 0 radical (unpaired) electrons. The molecule has 40 heavy (non-hydrogen) atoms. The molecule has 210 valence electrons. The summed E-state index contributed by atoms with van der Waals surface area (Å²) < 4.78 is 24.7. The standard InChI is InChI=1S/C35H41NO4/c1-2-19-39-33-23-36-24-34(40-26-28-13-14-29-11-6-7-12-31(29)22-28)35(33)30-15-17-32(18-16-30)38-21-8-20-37-25-27-9-4-3-5-10-27/h3-7,9-18,22,33-36H,2,8,19-21,23-26H2,1H3/t33-,34+,35+/m1/s1. The normalized spacial score (nSPS) is 19.1. The van der Waals surface area contributed by atoms with Crippen LogP contribution in [0.2, 0.25) is 0 Å². The highest BCUT2D eigenvalue weighted by Crippen LogP contribution is 2.32. The molecule has 0 unspecified atom stereocenters. The van der Waals surface area contributed by atoms with Crippen LogP contribution in [0.3, 0.4) is 0 Å². The summed E-state index contributed by atoms with van der Waals surface area (Å²) in [5.74, 6) is 1.02. The predicted octanol–water partition coefficient (Wildman–Crippen LogP) is 6.89. The summed E-state index contributed by atoms with van der Waals surface area (Å²) in [6.45, 7) is 7.02. The summed E-state index contributed by atoms with van der Waals surface area (Å²) >= 11 is 0. The van der Waals surface area contributed by atoms with E-state index in [0.717, 1.165) is 38.3 Å². The number of nitrogens with one attached hydrogen (secondary N) is 1. The monoisotopic (exact) mass is 539 g/mol. The Kier molecular flexibility index (Phi) is 10.6. The molecule has 0 aromatic heterocycles. The maximum Gasteiger partial charge on any atom is 0.119 e. The topological polar surface area (TPSA) is 49.0 Å². The molecule has 5 heteroatoms. The van der Waals surface area contributed by atoms with E-state index >= 15 is 0 Å². The molecular weight excluding hydrogens is 498 g/mol. The van der Waals surface area contributed by atoms with Gasteiger partial charge in [-0.15, -0.1) is 0 Å². The summed E-state index contributed by atoms with van der Waals surface area (Å²) in [5, 5.41) is 6.03. The van der Waals surface area contributed by atoms with E-state index in [0.29, 0.717) is 26.4 Å². The van der Waals surface area contributed by atoms with Crippen LogP contribution in [-0.2, 0) is 27.4 Å². The molecule has 1 aliphatic heterocycles. The van der Waals surface area contributed by atoms with Crippen molar-refractivity contribution < 1.29 is 18.9 Å². The van der Waals surface area contributed by atoms with Gasteiger partial charge in [0.25, 0.3) is 0 Å². The number of piperidine rings is 1. The highest BCUT2D eigenvalue weighted by molar-refractivity contribution is 5.82.